The lowest BCUT2D eigenvalue weighted by molar-refractivity contribution is 0.0398. The third-order valence-electron chi connectivity index (χ3n) is 2.84. The second-order valence-corrected chi connectivity index (χ2v) is 4.32. The van der Waals surface area contributed by atoms with Crippen molar-refractivity contribution in [2.45, 2.75) is 31.8 Å². The van der Waals surface area contributed by atoms with Crippen LogP contribution in [0.25, 0.3) is 0 Å². The Morgan fingerprint density at radius 3 is 2.65 bits per heavy atom. The Morgan fingerprint density at radius 1 is 1.47 bits per heavy atom. The molecule has 0 amide bonds. The first-order valence-electron chi connectivity index (χ1n) is 5.79. The van der Waals surface area contributed by atoms with E-state index >= 15 is 0 Å². The highest BCUT2D eigenvalue weighted by Crippen LogP contribution is 2.22. The molecule has 1 aromatic rings. The SMILES string of the molecule is CCCC(O)(CN)Cc1ccc(OC)c(F)c1. The lowest BCUT2D eigenvalue weighted by Gasteiger charge is -2.26. The van der Waals surface area contributed by atoms with Crippen LogP contribution in [0.1, 0.15) is 25.3 Å². The molecule has 0 aliphatic rings. The molecule has 0 heterocycles. The Balaban J connectivity index is 2.83. The predicted octanol–water partition coefficient (Wildman–Crippen LogP) is 1.87. The molecule has 96 valence electrons. The van der Waals surface area contributed by atoms with Crippen LogP contribution < -0.4 is 10.5 Å². The van der Waals surface area contributed by atoms with Crippen molar-refractivity contribution >= 4 is 0 Å². The standard InChI is InChI=1S/C13H20FNO2/c1-3-6-13(16,9-15)8-10-4-5-12(17-2)11(14)7-10/h4-5,7,16H,3,6,8-9,15H2,1-2H3. The van der Waals surface area contributed by atoms with Gasteiger partial charge in [-0.3, -0.25) is 0 Å². The molecule has 0 bridgehead atoms. The molecule has 0 fully saturated rings. The maximum atomic E-state index is 13.5. The van der Waals surface area contributed by atoms with Crippen molar-refractivity contribution in [3.63, 3.8) is 0 Å². The molecule has 4 heteroatoms. The van der Waals surface area contributed by atoms with Crippen molar-refractivity contribution in [3.05, 3.63) is 29.6 Å². The number of aliphatic hydroxyl groups is 1. The molecule has 0 aliphatic carbocycles. The molecule has 0 aliphatic heterocycles. The zero-order valence-corrected chi connectivity index (χ0v) is 10.4. The molecule has 17 heavy (non-hydrogen) atoms. The summed E-state index contributed by atoms with van der Waals surface area (Å²) in [5, 5.41) is 10.2. The lowest BCUT2D eigenvalue weighted by atomic mass is 9.90. The maximum Gasteiger partial charge on any atom is 0.165 e. The molecule has 0 aromatic heterocycles. The van der Waals surface area contributed by atoms with Gasteiger partial charge in [-0.2, -0.15) is 0 Å². The Hall–Kier alpha value is -1.13. The van der Waals surface area contributed by atoms with Crippen LogP contribution in [-0.4, -0.2) is 24.4 Å². The van der Waals surface area contributed by atoms with Gasteiger partial charge in [-0.15, -0.1) is 0 Å². The van der Waals surface area contributed by atoms with Crippen molar-refractivity contribution in [3.8, 4) is 5.75 Å². The third-order valence-corrected chi connectivity index (χ3v) is 2.84. The van der Waals surface area contributed by atoms with Gasteiger partial charge in [0.15, 0.2) is 11.6 Å². The molecule has 0 saturated heterocycles. The van der Waals surface area contributed by atoms with Gasteiger partial charge >= 0.3 is 0 Å². The van der Waals surface area contributed by atoms with Crippen molar-refractivity contribution < 1.29 is 14.2 Å². The van der Waals surface area contributed by atoms with Gasteiger partial charge in [0, 0.05) is 13.0 Å². The minimum absolute atomic E-state index is 0.175. The van der Waals surface area contributed by atoms with Gasteiger partial charge in [-0.05, 0) is 24.1 Å². The number of nitrogens with two attached hydrogens (primary N) is 1. The van der Waals surface area contributed by atoms with Gasteiger partial charge in [0.2, 0.25) is 0 Å². The van der Waals surface area contributed by atoms with Crippen LogP contribution in [0.4, 0.5) is 4.39 Å². The second-order valence-electron chi connectivity index (χ2n) is 4.32. The van der Waals surface area contributed by atoms with E-state index in [0.717, 1.165) is 12.0 Å². The van der Waals surface area contributed by atoms with Crippen LogP contribution in [0.15, 0.2) is 18.2 Å². The van der Waals surface area contributed by atoms with E-state index in [1.54, 1.807) is 12.1 Å². The normalized spacial score (nSPS) is 14.4. The number of ether oxygens (including phenoxy) is 1. The number of methoxy groups -OCH3 is 1. The smallest absolute Gasteiger partial charge is 0.165 e. The molecule has 1 atom stereocenters. The summed E-state index contributed by atoms with van der Waals surface area (Å²) in [6.45, 7) is 2.16. The molecule has 1 aromatic carbocycles. The summed E-state index contributed by atoms with van der Waals surface area (Å²) in [4.78, 5) is 0. The van der Waals surface area contributed by atoms with E-state index in [4.69, 9.17) is 10.5 Å². The van der Waals surface area contributed by atoms with E-state index in [1.165, 1.54) is 13.2 Å². The van der Waals surface area contributed by atoms with Crippen LogP contribution in [0, 0.1) is 5.82 Å². The fourth-order valence-electron chi connectivity index (χ4n) is 1.93. The predicted molar refractivity (Wildman–Crippen MR) is 65.6 cm³/mol. The maximum absolute atomic E-state index is 13.5. The Morgan fingerprint density at radius 2 is 2.18 bits per heavy atom. The molecule has 0 spiro atoms. The monoisotopic (exact) mass is 241 g/mol. The van der Waals surface area contributed by atoms with Crippen LogP contribution in [0.3, 0.4) is 0 Å². The first-order chi connectivity index (χ1) is 8.04. The minimum atomic E-state index is -0.949. The van der Waals surface area contributed by atoms with E-state index in [-0.39, 0.29) is 12.3 Å². The Bertz CT molecular complexity index is 370. The van der Waals surface area contributed by atoms with Gasteiger partial charge < -0.3 is 15.6 Å². The molecule has 0 radical (unpaired) electrons. The first-order valence-corrected chi connectivity index (χ1v) is 5.79. The molecular weight excluding hydrogens is 221 g/mol. The lowest BCUT2D eigenvalue weighted by Crippen LogP contribution is -2.39. The Labute approximate surface area is 101 Å². The fourth-order valence-corrected chi connectivity index (χ4v) is 1.93. The summed E-state index contributed by atoms with van der Waals surface area (Å²) in [6, 6.07) is 4.70. The van der Waals surface area contributed by atoms with Crippen LogP contribution in [0.5, 0.6) is 5.75 Å². The van der Waals surface area contributed by atoms with E-state index in [0.29, 0.717) is 12.8 Å². The fraction of sp³-hybridized carbons (Fsp3) is 0.538. The molecule has 1 unspecified atom stereocenters. The highest BCUT2D eigenvalue weighted by molar-refractivity contribution is 5.30. The minimum Gasteiger partial charge on any atom is -0.494 e. The summed E-state index contributed by atoms with van der Waals surface area (Å²) in [7, 11) is 1.42. The quantitative estimate of drug-likeness (QED) is 0.799. The van der Waals surface area contributed by atoms with Gasteiger partial charge in [0.05, 0.1) is 12.7 Å². The van der Waals surface area contributed by atoms with Crippen molar-refractivity contribution in [2.24, 2.45) is 5.73 Å². The highest BCUT2D eigenvalue weighted by atomic mass is 19.1. The average Bonchev–Trinajstić information content (AvgIpc) is 2.29. The van der Waals surface area contributed by atoms with Gasteiger partial charge in [0.25, 0.3) is 0 Å². The first kappa shape index (κ1) is 13.9. The second kappa shape index (κ2) is 5.98. The van der Waals surface area contributed by atoms with Gasteiger partial charge in [-0.1, -0.05) is 19.4 Å². The van der Waals surface area contributed by atoms with E-state index < -0.39 is 11.4 Å². The van der Waals surface area contributed by atoms with Crippen LogP contribution in [-0.2, 0) is 6.42 Å². The van der Waals surface area contributed by atoms with Crippen molar-refractivity contribution in [1.29, 1.82) is 0 Å². The highest BCUT2D eigenvalue weighted by Gasteiger charge is 2.24. The summed E-state index contributed by atoms with van der Waals surface area (Å²) in [6.07, 6.45) is 1.81. The van der Waals surface area contributed by atoms with Gasteiger partial charge in [-0.25, -0.2) is 4.39 Å². The van der Waals surface area contributed by atoms with Crippen molar-refractivity contribution in [2.75, 3.05) is 13.7 Å². The topological polar surface area (TPSA) is 55.5 Å². The van der Waals surface area contributed by atoms with Gasteiger partial charge in [0.1, 0.15) is 0 Å². The number of hydrogen-bond donors (Lipinski definition) is 2. The number of benzene rings is 1. The van der Waals surface area contributed by atoms with Crippen LogP contribution >= 0.6 is 0 Å². The largest absolute Gasteiger partial charge is 0.494 e. The molecule has 3 N–H and O–H groups in total. The average molecular weight is 241 g/mol. The van der Waals surface area contributed by atoms with E-state index in [2.05, 4.69) is 0 Å². The molecule has 1 rings (SSSR count). The van der Waals surface area contributed by atoms with E-state index in [1.807, 2.05) is 6.92 Å². The Kier molecular flexibility index (Phi) is 4.90. The zero-order valence-electron chi connectivity index (χ0n) is 10.4. The summed E-state index contributed by atoms with van der Waals surface area (Å²) >= 11 is 0. The van der Waals surface area contributed by atoms with E-state index in [9.17, 15) is 9.50 Å². The zero-order chi connectivity index (χ0) is 12.9. The number of hydrogen-bond acceptors (Lipinski definition) is 3. The van der Waals surface area contributed by atoms with Crippen molar-refractivity contribution in [1.82, 2.24) is 0 Å². The summed E-state index contributed by atoms with van der Waals surface area (Å²) in [5.41, 5.74) is 5.34. The molecule has 3 nitrogen and oxygen atoms in total. The number of halogens is 1. The summed E-state index contributed by atoms with van der Waals surface area (Å²) < 4.78 is 18.3. The molecule has 0 saturated carbocycles. The molecular formula is C13H20FNO2. The third kappa shape index (κ3) is 3.68. The van der Waals surface area contributed by atoms with Crippen LogP contribution in [0.2, 0.25) is 0 Å². The summed E-state index contributed by atoms with van der Waals surface area (Å²) in [5.74, 6) is -0.207. The number of rotatable bonds is 6.